The number of carbonyl (C=O) groups excluding carboxylic acids is 2. The van der Waals surface area contributed by atoms with E-state index in [4.69, 9.17) is 4.74 Å². The predicted octanol–water partition coefficient (Wildman–Crippen LogP) is 5.04. The zero-order chi connectivity index (χ0) is 20.1. The quantitative estimate of drug-likeness (QED) is 0.463. The molecule has 152 valence electrons. The molecule has 1 rings (SSSR count). The molecule has 0 radical (unpaired) electrons. The molecular weight excluding hydrogens is 338 g/mol. The fraction of sp³-hybridized carbons (Fsp3) is 0.652. The van der Waals surface area contributed by atoms with Gasteiger partial charge in [0.1, 0.15) is 5.78 Å². The molecule has 1 aromatic rings. The van der Waals surface area contributed by atoms with Crippen LogP contribution in [0.5, 0.6) is 0 Å². The van der Waals surface area contributed by atoms with Gasteiger partial charge in [-0.3, -0.25) is 9.59 Å². The molecule has 0 saturated heterocycles. The van der Waals surface area contributed by atoms with Crippen LogP contribution in [0.2, 0.25) is 0 Å². The van der Waals surface area contributed by atoms with Gasteiger partial charge in [0.2, 0.25) is 5.91 Å². The van der Waals surface area contributed by atoms with Gasteiger partial charge < -0.3 is 10.1 Å². The summed E-state index contributed by atoms with van der Waals surface area (Å²) in [7, 11) is 0. The largest absolute Gasteiger partial charge is 0.377 e. The Labute approximate surface area is 165 Å². The summed E-state index contributed by atoms with van der Waals surface area (Å²) in [5.74, 6) is 1.11. The topological polar surface area (TPSA) is 55.4 Å². The Morgan fingerprint density at radius 3 is 2.07 bits per heavy atom. The number of ether oxygens (including phenoxy) is 1. The first-order chi connectivity index (χ1) is 12.9. The van der Waals surface area contributed by atoms with Crippen molar-refractivity contribution < 1.29 is 14.3 Å². The number of hydrogen-bond donors (Lipinski definition) is 1. The van der Waals surface area contributed by atoms with Crippen molar-refractivity contribution in [2.45, 2.75) is 79.4 Å². The van der Waals surface area contributed by atoms with Gasteiger partial charge in [0.25, 0.3) is 0 Å². The molecule has 0 unspecified atom stereocenters. The van der Waals surface area contributed by atoms with Gasteiger partial charge in [0.15, 0.2) is 0 Å². The number of nitrogens with one attached hydrogen (secondary N) is 1. The fourth-order valence-corrected chi connectivity index (χ4v) is 2.68. The van der Waals surface area contributed by atoms with Crippen LogP contribution < -0.4 is 5.32 Å². The van der Waals surface area contributed by atoms with E-state index in [2.05, 4.69) is 31.3 Å². The minimum atomic E-state index is 0.0950. The van der Waals surface area contributed by atoms with Crippen LogP contribution in [0.15, 0.2) is 24.3 Å². The van der Waals surface area contributed by atoms with E-state index in [9.17, 15) is 9.59 Å². The first-order valence-electron chi connectivity index (χ1n) is 10.3. The average Bonchev–Trinajstić information content (AvgIpc) is 2.63. The minimum absolute atomic E-state index is 0.0950. The molecule has 0 fully saturated rings. The molecule has 0 aliphatic heterocycles. The van der Waals surface area contributed by atoms with Crippen LogP contribution in [0.1, 0.15) is 77.3 Å². The third-order valence-electron chi connectivity index (χ3n) is 4.45. The summed E-state index contributed by atoms with van der Waals surface area (Å²) in [4.78, 5) is 23.5. The van der Waals surface area contributed by atoms with Crippen molar-refractivity contribution in [1.82, 2.24) is 5.32 Å². The van der Waals surface area contributed by atoms with Crippen molar-refractivity contribution in [2.75, 3.05) is 6.61 Å². The Morgan fingerprint density at radius 1 is 0.889 bits per heavy atom. The van der Waals surface area contributed by atoms with Crippen LogP contribution in [-0.4, -0.2) is 18.3 Å². The van der Waals surface area contributed by atoms with Crippen molar-refractivity contribution in [3.8, 4) is 0 Å². The van der Waals surface area contributed by atoms with E-state index in [1.54, 1.807) is 0 Å². The second-order valence-corrected chi connectivity index (χ2v) is 8.04. The molecule has 0 aliphatic rings. The monoisotopic (exact) mass is 375 g/mol. The first kappa shape index (κ1) is 23.4. The summed E-state index contributed by atoms with van der Waals surface area (Å²) in [6.07, 6.45) is 5.07. The highest BCUT2D eigenvalue weighted by Crippen LogP contribution is 2.10. The molecule has 0 spiro atoms. The lowest BCUT2D eigenvalue weighted by Gasteiger charge is -2.09. The van der Waals surface area contributed by atoms with E-state index in [1.807, 2.05) is 26.0 Å². The number of rotatable bonds is 14. The minimum Gasteiger partial charge on any atom is -0.377 e. The first-order valence-corrected chi connectivity index (χ1v) is 10.3. The summed E-state index contributed by atoms with van der Waals surface area (Å²) in [5.41, 5.74) is 2.25. The van der Waals surface area contributed by atoms with Gasteiger partial charge in [-0.05, 0) is 29.9 Å². The van der Waals surface area contributed by atoms with E-state index in [-0.39, 0.29) is 11.8 Å². The molecule has 4 heteroatoms. The lowest BCUT2D eigenvalue weighted by molar-refractivity contribution is -0.122. The van der Waals surface area contributed by atoms with E-state index in [0.717, 1.165) is 43.4 Å². The lowest BCUT2D eigenvalue weighted by atomic mass is 10.0. The smallest absolute Gasteiger partial charge is 0.220 e. The van der Waals surface area contributed by atoms with Crippen LogP contribution in [0.4, 0.5) is 0 Å². The molecule has 27 heavy (non-hydrogen) atoms. The van der Waals surface area contributed by atoms with Crippen LogP contribution in [0.25, 0.3) is 0 Å². The number of ketones is 1. The third-order valence-corrected chi connectivity index (χ3v) is 4.45. The number of hydrogen-bond acceptors (Lipinski definition) is 3. The molecule has 1 amide bonds. The molecule has 0 atom stereocenters. The third kappa shape index (κ3) is 11.6. The summed E-state index contributed by atoms with van der Waals surface area (Å²) in [6.45, 7) is 10.1. The molecule has 0 aliphatic carbocycles. The maximum atomic E-state index is 11.9. The second kappa shape index (κ2) is 13.5. The van der Waals surface area contributed by atoms with E-state index < -0.39 is 0 Å². The van der Waals surface area contributed by atoms with E-state index in [0.29, 0.717) is 37.7 Å². The summed E-state index contributed by atoms with van der Waals surface area (Å²) >= 11 is 0. The predicted molar refractivity (Wildman–Crippen MR) is 110 cm³/mol. The lowest BCUT2D eigenvalue weighted by Crippen LogP contribution is -2.22. The van der Waals surface area contributed by atoms with Crippen LogP contribution in [-0.2, 0) is 27.5 Å². The summed E-state index contributed by atoms with van der Waals surface area (Å²) < 4.78 is 5.63. The van der Waals surface area contributed by atoms with Crippen molar-refractivity contribution in [2.24, 2.45) is 11.8 Å². The van der Waals surface area contributed by atoms with Gasteiger partial charge in [-0.2, -0.15) is 0 Å². The Balaban J connectivity index is 2.11. The van der Waals surface area contributed by atoms with E-state index >= 15 is 0 Å². The number of carbonyl (C=O) groups is 2. The molecule has 0 saturated carbocycles. The molecule has 4 nitrogen and oxygen atoms in total. The van der Waals surface area contributed by atoms with Gasteiger partial charge in [-0.15, -0.1) is 0 Å². The summed E-state index contributed by atoms with van der Waals surface area (Å²) in [5, 5.41) is 2.98. The van der Waals surface area contributed by atoms with Gasteiger partial charge >= 0.3 is 0 Å². The zero-order valence-electron chi connectivity index (χ0n) is 17.6. The van der Waals surface area contributed by atoms with Crippen molar-refractivity contribution >= 4 is 11.7 Å². The maximum Gasteiger partial charge on any atom is 0.220 e. The van der Waals surface area contributed by atoms with Gasteiger partial charge in [0.05, 0.1) is 6.61 Å². The van der Waals surface area contributed by atoms with Crippen molar-refractivity contribution in [3.05, 3.63) is 35.4 Å². The highest BCUT2D eigenvalue weighted by atomic mass is 16.5. The van der Waals surface area contributed by atoms with Crippen molar-refractivity contribution in [3.63, 3.8) is 0 Å². The Morgan fingerprint density at radius 2 is 1.48 bits per heavy atom. The summed E-state index contributed by atoms with van der Waals surface area (Å²) in [6, 6.07) is 8.20. The van der Waals surface area contributed by atoms with Gasteiger partial charge in [0, 0.05) is 31.9 Å². The van der Waals surface area contributed by atoms with Crippen molar-refractivity contribution in [1.29, 1.82) is 0 Å². The van der Waals surface area contributed by atoms with Gasteiger partial charge in [-0.1, -0.05) is 64.8 Å². The number of Topliss-reactive ketones (excluding diaryl/α,β-unsaturated/α-hetero) is 1. The molecule has 0 heterocycles. The Hall–Kier alpha value is -1.68. The van der Waals surface area contributed by atoms with Gasteiger partial charge in [-0.25, -0.2) is 0 Å². The zero-order valence-corrected chi connectivity index (χ0v) is 17.6. The highest BCUT2D eigenvalue weighted by Gasteiger charge is 2.06. The molecular formula is C23H37NO3. The number of benzene rings is 1. The van der Waals surface area contributed by atoms with Crippen LogP contribution in [0.3, 0.4) is 0 Å². The van der Waals surface area contributed by atoms with E-state index in [1.165, 1.54) is 0 Å². The SMILES string of the molecule is CC(C)COCc1ccc(CNC(=O)CCCCCCC(=O)C(C)C)cc1. The fourth-order valence-electron chi connectivity index (χ4n) is 2.68. The normalized spacial score (nSPS) is 11.2. The highest BCUT2D eigenvalue weighted by molar-refractivity contribution is 5.80. The standard InChI is InChI=1S/C23H37NO3/c1-18(2)16-27-17-21-13-11-20(12-14-21)15-24-23(26)10-8-6-5-7-9-22(25)19(3)4/h11-14,18-19H,5-10,15-17H2,1-4H3,(H,24,26). The van der Waals surface area contributed by atoms with Crippen LogP contribution in [0, 0.1) is 11.8 Å². The average molecular weight is 376 g/mol. The Bertz CT molecular complexity index is 549. The second-order valence-electron chi connectivity index (χ2n) is 8.04. The van der Waals surface area contributed by atoms with Crippen LogP contribution >= 0.6 is 0 Å². The molecule has 0 aromatic heterocycles. The number of amides is 1. The number of unbranched alkanes of at least 4 members (excludes halogenated alkanes) is 3. The molecule has 1 aromatic carbocycles. The Kier molecular flexibility index (Phi) is 11.7. The maximum absolute atomic E-state index is 11.9. The molecule has 1 N–H and O–H groups in total. The molecule has 0 bridgehead atoms.